The minimum atomic E-state index is -3.79. The van der Waals surface area contributed by atoms with Gasteiger partial charge in [0, 0.05) is 11.3 Å². The van der Waals surface area contributed by atoms with Crippen LogP contribution in [0.1, 0.15) is 22.3 Å². The van der Waals surface area contributed by atoms with E-state index in [2.05, 4.69) is 10.0 Å². The molecule has 0 atom stereocenters. The smallest absolute Gasteiger partial charge is 0.261 e. The van der Waals surface area contributed by atoms with Crippen molar-refractivity contribution in [2.45, 2.75) is 18.7 Å². The summed E-state index contributed by atoms with van der Waals surface area (Å²) in [6, 6.07) is 28.4. The minimum absolute atomic E-state index is 0.100. The Balaban J connectivity index is 1.56. The molecule has 0 fully saturated rings. The van der Waals surface area contributed by atoms with Crippen LogP contribution in [0.15, 0.2) is 102 Å². The van der Waals surface area contributed by atoms with E-state index in [1.807, 2.05) is 80.6 Å². The molecule has 0 heterocycles. The summed E-state index contributed by atoms with van der Waals surface area (Å²) >= 11 is 0. The Bertz CT molecular complexity index is 1530. The van der Waals surface area contributed by atoms with E-state index in [1.165, 1.54) is 12.1 Å². The largest absolute Gasteiger partial charge is 0.497 e. The number of sulfonamides is 1. The first-order valence-electron chi connectivity index (χ1n) is 11.7. The first kappa shape index (κ1) is 25.7. The molecule has 0 aliphatic heterocycles. The van der Waals surface area contributed by atoms with Gasteiger partial charge in [0.05, 0.1) is 17.7 Å². The van der Waals surface area contributed by atoms with Crippen molar-refractivity contribution in [2.75, 3.05) is 17.1 Å². The van der Waals surface area contributed by atoms with Gasteiger partial charge in [0.2, 0.25) is 0 Å². The number of rotatable bonds is 8. The molecule has 0 aromatic heterocycles. The first-order chi connectivity index (χ1) is 17.7. The highest BCUT2D eigenvalue weighted by Crippen LogP contribution is 2.24. The summed E-state index contributed by atoms with van der Waals surface area (Å²) in [5.41, 5.74) is 4.87. The van der Waals surface area contributed by atoms with Crippen LogP contribution in [0.3, 0.4) is 0 Å². The van der Waals surface area contributed by atoms with Crippen molar-refractivity contribution in [3.05, 3.63) is 119 Å². The number of hydrogen-bond donors (Lipinski definition) is 2. The number of amides is 1. The fourth-order valence-corrected chi connectivity index (χ4v) is 4.85. The lowest BCUT2D eigenvalue weighted by Gasteiger charge is -2.13. The van der Waals surface area contributed by atoms with Crippen LogP contribution in [0.2, 0.25) is 0 Å². The zero-order valence-corrected chi connectivity index (χ0v) is 21.7. The van der Waals surface area contributed by atoms with E-state index in [-0.39, 0.29) is 10.8 Å². The SMILES string of the molecule is COc1ccc(/C=C(/C(=O)Nc2ccc(S(=O)(=O)Nc3cc(C)ccc3C)cc2)c2ccccc2)cc1. The molecule has 0 bridgehead atoms. The maximum atomic E-state index is 13.3. The van der Waals surface area contributed by atoms with E-state index in [0.29, 0.717) is 16.9 Å². The van der Waals surface area contributed by atoms with Gasteiger partial charge in [0.15, 0.2) is 0 Å². The lowest BCUT2D eigenvalue weighted by atomic mass is 10.0. The molecule has 0 aliphatic rings. The molecule has 4 aromatic rings. The molecular weight excluding hydrogens is 484 g/mol. The second-order valence-electron chi connectivity index (χ2n) is 8.60. The van der Waals surface area contributed by atoms with Crippen LogP contribution < -0.4 is 14.8 Å². The van der Waals surface area contributed by atoms with Gasteiger partial charge in [-0.15, -0.1) is 0 Å². The molecule has 6 nitrogen and oxygen atoms in total. The Morgan fingerprint density at radius 2 is 1.51 bits per heavy atom. The van der Waals surface area contributed by atoms with Gasteiger partial charge in [-0.25, -0.2) is 8.42 Å². The van der Waals surface area contributed by atoms with Gasteiger partial charge in [-0.05, 0) is 84.6 Å². The number of anilines is 2. The summed E-state index contributed by atoms with van der Waals surface area (Å²) in [6.07, 6.45) is 1.80. The predicted molar refractivity (Wildman–Crippen MR) is 149 cm³/mol. The van der Waals surface area contributed by atoms with E-state index < -0.39 is 10.0 Å². The van der Waals surface area contributed by atoms with Crippen LogP contribution in [0.25, 0.3) is 11.6 Å². The topological polar surface area (TPSA) is 84.5 Å². The van der Waals surface area contributed by atoms with Gasteiger partial charge in [-0.1, -0.05) is 54.6 Å². The standard InChI is InChI=1S/C30H28N2O4S/c1-21-9-10-22(2)29(19-21)32-37(34,35)27-17-13-25(14-18-27)31-30(33)28(24-7-5-4-6-8-24)20-23-11-15-26(36-3)16-12-23/h4-20,32H,1-3H3,(H,31,33)/b28-20+. The average molecular weight is 513 g/mol. The third kappa shape index (κ3) is 6.45. The van der Waals surface area contributed by atoms with Crippen LogP contribution in [-0.2, 0) is 14.8 Å². The summed E-state index contributed by atoms with van der Waals surface area (Å²) < 4.78 is 33.7. The third-order valence-corrected chi connectivity index (χ3v) is 7.20. The number of methoxy groups -OCH3 is 1. The van der Waals surface area contributed by atoms with Crippen LogP contribution >= 0.6 is 0 Å². The quantitative estimate of drug-likeness (QED) is 0.215. The Kier molecular flexibility index (Phi) is 7.74. The summed E-state index contributed by atoms with van der Waals surface area (Å²) in [5.74, 6) is 0.413. The molecule has 0 saturated carbocycles. The molecule has 188 valence electrons. The fraction of sp³-hybridized carbons (Fsp3) is 0.100. The molecule has 0 unspecified atom stereocenters. The van der Waals surface area contributed by atoms with Crippen molar-refractivity contribution in [1.29, 1.82) is 0 Å². The van der Waals surface area contributed by atoms with Gasteiger partial charge in [0.25, 0.3) is 15.9 Å². The number of hydrogen-bond acceptors (Lipinski definition) is 4. The predicted octanol–water partition coefficient (Wildman–Crippen LogP) is 6.29. The van der Waals surface area contributed by atoms with Gasteiger partial charge in [0.1, 0.15) is 5.75 Å². The molecular formula is C30H28N2O4S. The minimum Gasteiger partial charge on any atom is -0.497 e. The van der Waals surface area contributed by atoms with Crippen LogP contribution in [0.4, 0.5) is 11.4 Å². The lowest BCUT2D eigenvalue weighted by molar-refractivity contribution is -0.111. The zero-order chi connectivity index (χ0) is 26.4. The Morgan fingerprint density at radius 3 is 2.16 bits per heavy atom. The van der Waals surface area contributed by atoms with Crippen LogP contribution in [-0.4, -0.2) is 21.4 Å². The molecule has 4 aromatic carbocycles. The highest BCUT2D eigenvalue weighted by Gasteiger charge is 2.17. The second kappa shape index (κ2) is 11.1. The van der Waals surface area contributed by atoms with Gasteiger partial charge in [-0.2, -0.15) is 0 Å². The fourth-order valence-electron chi connectivity index (χ4n) is 3.73. The number of carbonyl (C=O) groups is 1. The van der Waals surface area contributed by atoms with Crippen molar-refractivity contribution in [3.8, 4) is 5.75 Å². The number of nitrogens with one attached hydrogen (secondary N) is 2. The van der Waals surface area contributed by atoms with Crippen molar-refractivity contribution in [1.82, 2.24) is 0 Å². The van der Waals surface area contributed by atoms with Crippen molar-refractivity contribution < 1.29 is 17.9 Å². The maximum Gasteiger partial charge on any atom is 0.261 e. The molecule has 37 heavy (non-hydrogen) atoms. The van der Waals surface area contributed by atoms with E-state index in [9.17, 15) is 13.2 Å². The highest BCUT2D eigenvalue weighted by molar-refractivity contribution is 7.92. The van der Waals surface area contributed by atoms with Crippen LogP contribution in [0.5, 0.6) is 5.75 Å². The second-order valence-corrected chi connectivity index (χ2v) is 10.3. The summed E-state index contributed by atoms with van der Waals surface area (Å²) in [5, 5.41) is 2.88. The number of benzene rings is 4. The van der Waals surface area contributed by atoms with E-state index >= 15 is 0 Å². The molecule has 4 rings (SSSR count). The molecule has 0 radical (unpaired) electrons. The molecule has 7 heteroatoms. The van der Waals surface area contributed by atoms with Crippen molar-refractivity contribution >= 4 is 39.0 Å². The summed E-state index contributed by atoms with van der Waals surface area (Å²) in [4.78, 5) is 13.4. The Morgan fingerprint density at radius 1 is 0.838 bits per heavy atom. The van der Waals surface area contributed by atoms with E-state index in [4.69, 9.17) is 4.74 Å². The first-order valence-corrected chi connectivity index (χ1v) is 13.2. The van der Waals surface area contributed by atoms with Crippen molar-refractivity contribution in [2.24, 2.45) is 0 Å². The molecule has 2 N–H and O–H groups in total. The Hall–Kier alpha value is -4.36. The van der Waals surface area contributed by atoms with E-state index in [1.54, 1.807) is 31.4 Å². The van der Waals surface area contributed by atoms with Gasteiger partial charge < -0.3 is 10.1 Å². The molecule has 0 saturated heterocycles. The zero-order valence-electron chi connectivity index (χ0n) is 20.9. The third-order valence-electron chi connectivity index (χ3n) is 5.82. The molecule has 1 amide bonds. The van der Waals surface area contributed by atoms with E-state index in [0.717, 1.165) is 28.0 Å². The molecule has 0 spiro atoms. The maximum absolute atomic E-state index is 13.3. The van der Waals surface area contributed by atoms with Crippen molar-refractivity contribution in [3.63, 3.8) is 0 Å². The molecule has 0 aliphatic carbocycles. The average Bonchev–Trinajstić information content (AvgIpc) is 2.90. The van der Waals surface area contributed by atoms with Gasteiger partial charge >= 0.3 is 0 Å². The Labute approximate surface area is 217 Å². The number of ether oxygens (including phenoxy) is 1. The normalized spacial score (nSPS) is 11.6. The number of carbonyl (C=O) groups excluding carboxylic acids is 1. The summed E-state index contributed by atoms with van der Waals surface area (Å²) in [6.45, 7) is 3.75. The highest BCUT2D eigenvalue weighted by atomic mass is 32.2. The lowest BCUT2D eigenvalue weighted by Crippen LogP contribution is -2.15. The van der Waals surface area contributed by atoms with Crippen LogP contribution in [0, 0.1) is 13.8 Å². The summed E-state index contributed by atoms with van der Waals surface area (Å²) in [7, 11) is -2.19. The number of aryl methyl sites for hydroxylation is 2. The monoisotopic (exact) mass is 512 g/mol. The van der Waals surface area contributed by atoms with Gasteiger partial charge in [-0.3, -0.25) is 9.52 Å².